The molecule has 0 radical (unpaired) electrons. The van der Waals surface area contributed by atoms with Gasteiger partial charge < -0.3 is 15.5 Å². The van der Waals surface area contributed by atoms with Gasteiger partial charge in [0.25, 0.3) is 10.2 Å². The average molecular weight is 462 g/mol. The fourth-order valence-corrected chi connectivity index (χ4v) is 4.61. The molecule has 2 heterocycles. The van der Waals surface area contributed by atoms with Crippen molar-refractivity contribution in [2.24, 2.45) is 11.1 Å². The Hall–Kier alpha value is -2.64. The fourth-order valence-electron chi connectivity index (χ4n) is 4.16. The van der Waals surface area contributed by atoms with Crippen LogP contribution in [0.3, 0.4) is 0 Å². The Balaban J connectivity index is 1.56. The summed E-state index contributed by atoms with van der Waals surface area (Å²) < 4.78 is 25.9. The topological polar surface area (TPSA) is 168 Å². The zero-order valence-electron chi connectivity index (χ0n) is 17.6. The Bertz CT molecular complexity index is 1200. The van der Waals surface area contributed by atoms with E-state index in [1.54, 1.807) is 6.92 Å². The zero-order valence-corrected chi connectivity index (χ0v) is 18.4. The molecule has 0 saturated carbocycles. The molecule has 0 unspecified atom stereocenters. The lowest BCUT2D eigenvalue weighted by molar-refractivity contribution is -0.0566. The molecular formula is C20H27N7O4S. The summed E-state index contributed by atoms with van der Waals surface area (Å²) in [6.07, 6.45) is 2.43. The molecule has 32 heavy (non-hydrogen) atoms. The maximum absolute atomic E-state index is 11.2. The summed E-state index contributed by atoms with van der Waals surface area (Å²) in [4.78, 5) is 12.9. The maximum Gasteiger partial charge on any atom is 0.274 e. The van der Waals surface area contributed by atoms with Crippen LogP contribution in [0, 0.1) is 5.92 Å². The Morgan fingerprint density at radius 1 is 1.25 bits per heavy atom. The molecule has 1 aromatic carbocycles. The van der Waals surface area contributed by atoms with Crippen LogP contribution in [0.4, 0.5) is 5.82 Å². The largest absolute Gasteiger partial charge is 0.388 e. The number of nitrogens with zero attached hydrogens (tertiary/aromatic N) is 4. The molecule has 0 fully saturated rings. The fraction of sp³-hybridized carbons (Fsp3) is 0.450. The van der Waals surface area contributed by atoms with E-state index < -0.39 is 28.5 Å². The quantitative estimate of drug-likeness (QED) is 0.308. The molecular weight excluding hydrogens is 434 g/mol. The molecule has 3 aromatic rings. The van der Waals surface area contributed by atoms with Crippen LogP contribution in [0.2, 0.25) is 0 Å². The lowest BCUT2D eigenvalue weighted by Gasteiger charge is -2.26. The number of nitrogens with one attached hydrogen (secondary N) is 2. The number of aromatic nitrogens is 4. The second-order valence-electron chi connectivity index (χ2n) is 7.95. The van der Waals surface area contributed by atoms with E-state index >= 15 is 0 Å². The summed E-state index contributed by atoms with van der Waals surface area (Å²) in [6, 6.07) is 8.35. The summed E-state index contributed by atoms with van der Waals surface area (Å²) in [7, 11) is -3.91. The van der Waals surface area contributed by atoms with Crippen LogP contribution < -0.4 is 15.2 Å². The van der Waals surface area contributed by atoms with E-state index in [1.807, 2.05) is 12.1 Å². The first kappa shape index (κ1) is 22.6. The molecule has 1 aliphatic carbocycles. The van der Waals surface area contributed by atoms with E-state index in [9.17, 15) is 18.6 Å². The number of fused-ring (bicyclic) bond motifs is 2. The number of hydrogen-bond donors (Lipinski definition) is 5. The van der Waals surface area contributed by atoms with Crippen LogP contribution in [-0.2, 0) is 16.6 Å². The van der Waals surface area contributed by atoms with Crippen LogP contribution in [0.15, 0.2) is 36.9 Å². The van der Waals surface area contributed by atoms with Crippen molar-refractivity contribution in [2.45, 2.75) is 44.6 Å². The van der Waals surface area contributed by atoms with Gasteiger partial charge in [0, 0.05) is 12.5 Å². The summed E-state index contributed by atoms with van der Waals surface area (Å²) in [5, 5.41) is 29.9. The molecule has 6 N–H and O–H groups in total. The summed E-state index contributed by atoms with van der Waals surface area (Å²) in [6.45, 7) is 1.67. The molecule has 0 bridgehead atoms. The monoisotopic (exact) mass is 461 g/mol. The summed E-state index contributed by atoms with van der Waals surface area (Å²) >= 11 is 0. The third-order valence-corrected chi connectivity index (χ3v) is 6.52. The Kier molecular flexibility index (Phi) is 6.40. The maximum atomic E-state index is 11.2. The third-order valence-electron chi connectivity index (χ3n) is 5.95. The van der Waals surface area contributed by atoms with Crippen molar-refractivity contribution < 1.29 is 18.6 Å². The number of imidazole rings is 1. The third kappa shape index (κ3) is 4.59. The highest BCUT2D eigenvalue weighted by Crippen LogP contribution is 2.34. The minimum Gasteiger partial charge on any atom is -0.388 e. The minimum atomic E-state index is -3.91. The number of aryl methyl sites for hydroxylation is 1. The number of hydrogen-bond acceptors (Lipinski definition) is 8. The first-order chi connectivity index (χ1) is 15.3. The molecule has 0 saturated heterocycles. The molecule has 0 amide bonds. The molecule has 11 nitrogen and oxygen atoms in total. The van der Waals surface area contributed by atoms with Gasteiger partial charge in [-0.05, 0) is 30.4 Å². The van der Waals surface area contributed by atoms with Crippen molar-refractivity contribution in [1.29, 1.82) is 0 Å². The Morgan fingerprint density at radius 3 is 2.78 bits per heavy atom. The van der Waals surface area contributed by atoms with Gasteiger partial charge in [0.05, 0.1) is 12.4 Å². The van der Waals surface area contributed by atoms with Crippen LogP contribution in [0.1, 0.15) is 43.2 Å². The lowest BCUT2D eigenvalue weighted by atomic mass is 9.98. The van der Waals surface area contributed by atoms with Gasteiger partial charge in [-0.3, -0.25) is 4.57 Å². The zero-order chi connectivity index (χ0) is 22.9. The highest BCUT2D eigenvalue weighted by Gasteiger charge is 2.29. The van der Waals surface area contributed by atoms with Gasteiger partial charge in [-0.15, -0.1) is 0 Å². The van der Waals surface area contributed by atoms with Crippen molar-refractivity contribution in [2.75, 3.05) is 11.9 Å². The average Bonchev–Trinajstić information content (AvgIpc) is 3.38. The van der Waals surface area contributed by atoms with E-state index in [4.69, 9.17) is 5.14 Å². The predicted molar refractivity (Wildman–Crippen MR) is 119 cm³/mol. The van der Waals surface area contributed by atoms with E-state index in [0.717, 1.165) is 12.8 Å². The normalized spacial score (nSPS) is 18.9. The van der Waals surface area contributed by atoms with E-state index in [1.165, 1.54) is 28.3 Å². The first-order valence-corrected chi connectivity index (χ1v) is 12.0. The molecule has 172 valence electrons. The molecule has 4 rings (SSSR count). The van der Waals surface area contributed by atoms with Gasteiger partial charge in [-0.2, -0.15) is 8.42 Å². The van der Waals surface area contributed by atoms with E-state index in [2.05, 4.69) is 37.1 Å². The van der Waals surface area contributed by atoms with E-state index in [0.29, 0.717) is 23.4 Å². The van der Waals surface area contributed by atoms with Crippen molar-refractivity contribution in [1.82, 2.24) is 24.2 Å². The van der Waals surface area contributed by atoms with Gasteiger partial charge in [0.15, 0.2) is 23.2 Å². The molecule has 0 spiro atoms. The lowest BCUT2D eigenvalue weighted by Crippen LogP contribution is -2.41. The number of aliphatic hydroxyl groups is 2. The Labute approximate surface area is 185 Å². The van der Waals surface area contributed by atoms with Crippen molar-refractivity contribution in [3.8, 4) is 0 Å². The van der Waals surface area contributed by atoms with Gasteiger partial charge in [0.1, 0.15) is 12.4 Å². The Morgan fingerprint density at radius 2 is 2.03 bits per heavy atom. The summed E-state index contributed by atoms with van der Waals surface area (Å²) in [5.74, 6) is -0.0322. The SMILES string of the molecule is CC[C@H](CNS(N)(=O)=O)[C@@H](O)[C@@H](O)n1cnc2c(N[C@H]3CCc4ccccc43)ncnc21. The molecule has 4 atom stereocenters. The minimum absolute atomic E-state index is 0.0960. The smallest absolute Gasteiger partial charge is 0.274 e. The van der Waals surface area contributed by atoms with Crippen molar-refractivity contribution >= 4 is 27.2 Å². The molecule has 1 aliphatic rings. The van der Waals surface area contributed by atoms with Crippen LogP contribution in [0.25, 0.3) is 11.2 Å². The van der Waals surface area contributed by atoms with Crippen LogP contribution in [-0.4, -0.2) is 50.8 Å². The number of aliphatic hydroxyl groups excluding tert-OH is 2. The van der Waals surface area contributed by atoms with Crippen molar-refractivity contribution in [3.05, 3.63) is 48.0 Å². The molecule has 12 heteroatoms. The highest BCUT2D eigenvalue weighted by atomic mass is 32.2. The summed E-state index contributed by atoms with van der Waals surface area (Å²) in [5.41, 5.74) is 3.36. The number of benzene rings is 1. The molecule has 0 aliphatic heterocycles. The standard InChI is InChI=1S/C20H27N7O4S/c1-2-12(9-25-32(21,30)31)17(28)20(29)27-11-24-16-18(22-10-23-19(16)27)26-15-8-7-13-5-3-4-6-14(13)15/h3-6,10-12,15,17,20,25,28-29H,2,7-9H2,1H3,(H2,21,30,31)(H,22,23,26)/t12-,15+,17-,20-/m1/s1. The second-order valence-corrected chi connectivity index (χ2v) is 9.33. The van der Waals surface area contributed by atoms with Gasteiger partial charge in [0.2, 0.25) is 0 Å². The number of anilines is 1. The second kappa shape index (κ2) is 9.08. The predicted octanol–water partition coefficient (Wildman–Crippen LogP) is 0.597. The van der Waals surface area contributed by atoms with Crippen LogP contribution >= 0.6 is 0 Å². The number of nitrogens with two attached hydrogens (primary N) is 1. The molecule has 2 aromatic heterocycles. The van der Waals surface area contributed by atoms with Gasteiger partial charge >= 0.3 is 0 Å². The number of rotatable bonds is 9. The van der Waals surface area contributed by atoms with Gasteiger partial charge in [-0.25, -0.2) is 24.8 Å². The van der Waals surface area contributed by atoms with E-state index in [-0.39, 0.29) is 12.6 Å². The van der Waals surface area contributed by atoms with Gasteiger partial charge in [-0.1, -0.05) is 31.2 Å². The highest BCUT2D eigenvalue weighted by molar-refractivity contribution is 7.87. The van der Waals surface area contributed by atoms with Crippen LogP contribution in [0.5, 0.6) is 0 Å². The van der Waals surface area contributed by atoms with Crippen molar-refractivity contribution in [3.63, 3.8) is 0 Å². The first-order valence-electron chi connectivity index (χ1n) is 10.4.